The number of benzene rings is 2. The van der Waals surface area contributed by atoms with Crippen molar-refractivity contribution in [1.29, 1.82) is 0 Å². The Morgan fingerprint density at radius 2 is 1.80 bits per heavy atom. The molecule has 0 spiro atoms. The molecule has 2 aliphatic rings. The van der Waals surface area contributed by atoms with Gasteiger partial charge in [0.05, 0.1) is 25.5 Å². The fourth-order valence-corrected chi connectivity index (χ4v) is 6.27. The number of methoxy groups -OCH3 is 2. The lowest BCUT2D eigenvalue weighted by molar-refractivity contribution is 0.0935. The number of fused-ring (bicyclic) bond motifs is 3. The van der Waals surface area contributed by atoms with Crippen molar-refractivity contribution >= 4 is 22.2 Å². The van der Waals surface area contributed by atoms with E-state index in [0.717, 1.165) is 52.3 Å². The van der Waals surface area contributed by atoms with Gasteiger partial charge < -0.3 is 20.1 Å². The third kappa shape index (κ3) is 3.74. The van der Waals surface area contributed by atoms with Crippen molar-refractivity contribution in [3.05, 3.63) is 76.3 Å². The normalized spacial score (nSPS) is 16.6. The molecule has 2 N–H and O–H groups in total. The van der Waals surface area contributed by atoms with E-state index in [4.69, 9.17) is 14.6 Å². The van der Waals surface area contributed by atoms with E-state index in [1.165, 1.54) is 16.9 Å². The van der Waals surface area contributed by atoms with Crippen LogP contribution >= 0.6 is 11.3 Å². The number of hydrogen-bond donors (Lipinski definition) is 2. The van der Waals surface area contributed by atoms with Crippen molar-refractivity contribution < 1.29 is 14.3 Å². The van der Waals surface area contributed by atoms with Crippen LogP contribution in [0.5, 0.6) is 11.5 Å². The number of rotatable bonds is 5. The number of nitrogens with zero attached hydrogens (tertiary/aromatic N) is 2. The summed E-state index contributed by atoms with van der Waals surface area (Å²) >= 11 is 1.72. The monoisotopic (exact) mass is 486 g/mol. The Balaban J connectivity index is 1.46. The second-order valence-corrected chi connectivity index (χ2v) is 9.85. The minimum Gasteiger partial charge on any atom is -0.493 e. The quantitative estimate of drug-likeness (QED) is 0.398. The molecule has 0 radical (unpaired) electrons. The summed E-state index contributed by atoms with van der Waals surface area (Å²) in [6.07, 6.45) is 5.93. The van der Waals surface area contributed by atoms with E-state index in [9.17, 15) is 4.79 Å². The topological polar surface area (TPSA) is 77.4 Å². The van der Waals surface area contributed by atoms with Crippen LogP contribution < -0.4 is 20.1 Å². The molecule has 1 atom stereocenters. The minimum atomic E-state index is -0.407. The molecule has 0 saturated carbocycles. The predicted molar refractivity (Wildman–Crippen MR) is 137 cm³/mol. The summed E-state index contributed by atoms with van der Waals surface area (Å²) in [7, 11) is 3.24. The molecule has 0 bridgehead atoms. The molecule has 1 aliphatic heterocycles. The first-order chi connectivity index (χ1) is 17.2. The van der Waals surface area contributed by atoms with E-state index in [0.29, 0.717) is 11.5 Å². The van der Waals surface area contributed by atoms with E-state index in [2.05, 4.69) is 10.6 Å². The van der Waals surface area contributed by atoms with Gasteiger partial charge in [0.2, 0.25) is 0 Å². The smallest absolute Gasteiger partial charge is 0.256 e. The molecular formula is C27H26N4O3S. The molecule has 1 amide bonds. The van der Waals surface area contributed by atoms with Crippen LogP contribution in [0.25, 0.3) is 16.9 Å². The van der Waals surface area contributed by atoms with Gasteiger partial charge in [-0.3, -0.25) is 4.79 Å². The molecule has 8 heteroatoms. The van der Waals surface area contributed by atoms with Crippen molar-refractivity contribution in [2.45, 2.75) is 31.8 Å². The molecule has 2 aromatic carbocycles. The molecule has 0 fully saturated rings. The number of amides is 1. The van der Waals surface area contributed by atoms with Crippen LogP contribution in [0.15, 0.2) is 54.7 Å². The lowest BCUT2D eigenvalue weighted by Gasteiger charge is -2.26. The molecule has 35 heavy (non-hydrogen) atoms. The highest BCUT2D eigenvalue weighted by molar-refractivity contribution is 7.16. The van der Waals surface area contributed by atoms with E-state index < -0.39 is 6.17 Å². The molecule has 178 valence electrons. The molecule has 0 saturated heterocycles. The summed E-state index contributed by atoms with van der Waals surface area (Å²) in [4.78, 5) is 14.6. The average molecular weight is 487 g/mol. The maximum absolute atomic E-state index is 13.3. The molecule has 2 aromatic heterocycles. The van der Waals surface area contributed by atoms with E-state index in [1.54, 1.807) is 25.6 Å². The molecule has 1 aliphatic carbocycles. The zero-order valence-electron chi connectivity index (χ0n) is 19.6. The molecule has 0 unspecified atom stereocenters. The molecular weight excluding hydrogens is 460 g/mol. The average Bonchev–Trinajstić information content (AvgIpc) is 3.51. The van der Waals surface area contributed by atoms with Crippen LogP contribution in [0.3, 0.4) is 0 Å². The van der Waals surface area contributed by atoms with E-state index in [-0.39, 0.29) is 5.91 Å². The van der Waals surface area contributed by atoms with Gasteiger partial charge >= 0.3 is 0 Å². The van der Waals surface area contributed by atoms with Crippen molar-refractivity contribution in [1.82, 2.24) is 15.1 Å². The SMILES string of the molecule is COc1ccc(-c2nn(-c3ccccc3)cc2[C@@H]2NC(=O)c3c(sc4c3CCCC4)N2)cc1OC. The van der Waals surface area contributed by atoms with Crippen molar-refractivity contribution in [2.75, 3.05) is 19.5 Å². The second kappa shape index (κ2) is 8.78. The van der Waals surface area contributed by atoms with Gasteiger partial charge in [-0.25, -0.2) is 4.68 Å². The standard InChI is InChI=1S/C27H26N4O3S/c1-33-20-13-12-16(14-21(20)34-2)24-19(15-31(30-24)17-8-4-3-5-9-17)25-28-26(32)23-18-10-6-7-11-22(18)35-27(23)29-25/h3-5,8-9,12-15,25,29H,6-7,10-11H2,1-2H3,(H,28,32)/t25-/m1/s1. The van der Waals surface area contributed by atoms with Gasteiger partial charge in [-0.05, 0) is 61.6 Å². The van der Waals surface area contributed by atoms with Crippen LogP contribution in [0.2, 0.25) is 0 Å². The lowest BCUT2D eigenvalue weighted by atomic mass is 9.94. The summed E-state index contributed by atoms with van der Waals surface area (Å²) in [5.41, 5.74) is 5.50. The Labute approximate surface area is 207 Å². The second-order valence-electron chi connectivity index (χ2n) is 8.75. The van der Waals surface area contributed by atoms with Crippen LogP contribution in [-0.4, -0.2) is 29.9 Å². The molecule has 7 nitrogen and oxygen atoms in total. The number of carbonyl (C=O) groups is 1. The maximum atomic E-state index is 13.3. The van der Waals surface area contributed by atoms with Crippen LogP contribution in [0, 0.1) is 0 Å². The fraction of sp³-hybridized carbons (Fsp3) is 0.259. The Hall–Kier alpha value is -3.78. The number of thiophene rings is 1. The number of aromatic nitrogens is 2. The number of carbonyl (C=O) groups excluding carboxylic acids is 1. The number of anilines is 1. The molecule has 4 aromatic rings. The van der Waals surface area contributed by atoms with E-state index in [1.807, 2.05) is 59.4 Å². The van der Waals surface area contributed by atoms with Crippen molar-refractivity contribution in [3.63, 3.8) is 0 Å². The van der Waals surface area contributed by atoms with Gasteiger partial charge in [-0.15, -0.1) is 11.3 Å². The summed E-state index contributed by atoms with van der Waals surface area (Å²) < 4.78 is 12.8. The highest BCUT2D eigenvalue weighted by atomic mass is 32.1. The Morgan fingerprint density at radius 3 is 2.60 bits per heavy atom. The number of ether oxygens (including phenoxy) is 2. The van der Waals surface area contributed by atoms with Gasteiger partial charge in [0.1, 0.15) is 16.9 Å². The third-order valence-electron chi connectivity index (χ3n) is 6.68. The fourth-order valence-electron chi connectivity index (χ4n) is 4.95. The lowest BCUT2D eigenvalue weighted by Crippen LogP contribution is -2.38. The van der Waals surface area contributed by atoms with Gasteiger partial charge in [0.25, 0.3) is 5.91 Å². The van der Waals surface area contributed by atoms with Crippen LogP contribution in [-0.2, 0) is 12.8 Å². The van der Waals surface area contributed by atoms with Crippen molar-refractivity contribution in [3.8, 4) is 28.4 Å². The Bertz CT molecular complexity index is 1410. The van der Waals surface area contributed by atoms with Gasteiger partial charge in [0.15, 0.2) is 11.5 Å². The summed E-state index contributed by atoms with van der Waals surface area (Å²) in [6, 6.07) is 15.7. The predicted octanol–water partition coefficient (Wildman–Crippen LogP) is 5.35. The molecule has 3 heterocycles. The van der Waals surface area contributed by atoms with Gasteiger partial charge in [-0.2, -0.15) is 5.10 Å². The summed E-state index contributed by atoms with van der Waals surface area (Å²) in [6.45, 7) is 0. The summed E-state index contributed by atoms with van der Waals surface area (Å²) in [5.74, 6) is 1.26. The van der Waals surface area contributed by atoms with Gasteiger partial charge in [0, 0.05) is 22.2 Å². The minimum absolute atomic E-state index is 0.0196. The first-order valence-electron chi connectivity index (χ1n) is 11.8. The summed E-state index contributed by atoms with van der Waals surface area (Å²) in [5, 5.41) is 12.7. The van der Waals surface area contributed by atoms with Gasteiger partial charge in [-0.1, -0.05) is 18.2 Å². The zero-order chi connectivity index (χ0) is 23.9. The van der Waals surface area contributed by atoms with Crippen LogP contribution in [0.1, 0.15) is 45.4 Å². The maximum Gasteiger partial charge on any atom is 0.256 e. The highest BCUT2D eigenvalue weighted by Crippen LogP contribution is 2.43. The Morgan fingerprint density at radius 1 is 1.00 bits per heavy atom. The zero-order valence-corrected chi connectivity index (χ0v) is 20.4. The third-order valence-corrected chi connectivity index (χ3v) is 7.90. The number of aryl methyl sites for hydroxylation is 1. The van der Waals surface area contributed by atoms with E-state index >= 15 is 0 Å². The number of nitrogens with one attached hydrogen (secondary N) is 2. The highest BCUT2D eigenvalue weighted by Gasteiger charge is 2.34. The van der Waals surface area contributed by atoms with Crippen molar-refractivity contribution in [2.24, 2.45) is 0 Å². The molecule has 6 rings (SSSR count). The number of hydrogen-bond acceptors (Lipinski definition) is 6. The Kier molecular flexibility index (Phi) is 5.45. The number of para-hydroxylation sites is 1. The van der Waals surface area contributed by atoms with Crippen LogP contribution in [0.4, 0.5) is 5.00 Å². The largest absolute Gasteiger partial charge is 0.493 e. The first-order valence-corrected chi connectivity index (χ1v) is 12.6. The first kappa shape index (κ1) is 21.7.